The zero-order chi connectivity index (χ0) is 15.5. The van der Waals surface area contributed by atoms with E-state index in [-0.39, 0.29) is 6.10 Å². The fourth-order valence-electron chi connectivity index (χ4n) is 4.10. The van der Waals surface area contributed by atoms with Crippen molar-refractivity contribution in [2.75, 3.05) is 26.8 Å². The van der Waals surface area contributed by atoms with Crippen LogP contribution < -0.4 is 0 Å². The number of ether oxygens (including phenoxy) is 1. The summed E-state index contributed by atoms with van der Waals surface area (Å²) in [6.45, 7) is 9.98. The average Bonchev–Trinajstić information content (AvgIpc) is 2.48. The van der Waals surface area contributed by atoms with Crippen LogP contribution >= 0.6 is 0 Å². The largest absolute Gasteiger partial charge is 0.391 e. The van der Waals surface area contributed by atoms with E-state index in [4.69, 9.17) is 4.74 Å². The normalized spacial score (nSPS) is 35.1. The molecule has 0 bridgehead atoms. The van der Waals surface area contributed by atoms with Crippen LogP contribution in [0.4, 0.5) is 0 Å². The van der Waals surface area contributed by atoms with Crippen molar-refractivity contribution in [3.8, 4) is 0 Å². The highest BCUT2D eigenvalue weighted by Crippen LogP contribution is 2.41. The first-order valence-corrected chi connectivity index (χ1v) is 8.90. The second kappa shape index (κ2) is 7.43. The summed E-state index contributed by atoms with van der Waals surface area (Å²) in [5.41, 5.74) is 0.396. The van der Waals surface area contributed by atoms with E-state index in [1.54, 1.807) is 0 Å². The zero-order valence-electron chi connectivity index (χ0n) is 14.5. The summed E-state index contributed by atoms with van der Waals surface area (Å²) in [5.74, 6) is 1.39. The van der Waals surface area contributed by atoms with E-state index in [9.17, 15) is 5.11 Å². The lowest BCUT2D eigenvalue weighted by atomic mass is 9.67. The summed E-state index contributed by atoms with van der Waals surface area (Å²) in [4.78, 5) is 2.42. The van der Waals surface area contributed by atoms with E-state index >= 15 is 0 Å². The first-order valence-electron chi connectivity index (χ1n) is 8.90. The summed E-state index contributed by atoms with van der Waals surface area (Å²) in [7, 11) is 2.20. The number of aliphatic hydroxyl groups excluding tert-OH is 1. The van der Waals surface area contributed by atoms with Gasteiger partial charge in [0.15, 0.2) is 0 Å². The first-order chi connectivity index (χ1) is 9.94. The quantitative estimate of drug-likeness (QED) is 0.845. The van der Waals surface area contributed by atoms with Crippen LogP contribution in [0.3, 0.4) is 0 Å². The summed E-state index contributed by atoms with van der Waals surface area (Å²) in [6.07, 6.45) is 6.83. The van der Waals surface area contributed by atoms with Gasteiger partial charge in [0, 0.05) is 19.2 Å². The molecule has 4 unspecified atom stereocenters. The lowest BCUT2D eigenvalue weighted by Crippen LogP contribution is -2.49. The monoisotopic (exact) mass is 297 g/mol. The maximum atomic E-state index is 10.5. The fourth-order valence-corrected chi connectivity index (χ4v) is 4.10. The number of hydrogen-bond acceptors (Lipinski definition) is 3. The fraction of sp³-hybridized carbons (Fsp3) is 1.00. The van der Waals surface area contributed by atoms with Crippen LogP contribution in [-0.4, -0.2) is 49.0 Å². The van der Waals surface area contributed by atoms with Gasteiger partial charge in [-0.3, -0.25) is 0 Å². The molecule has 0 aromatic heterocycles. The van der Waals surface area contributed by atoms with Crippen molar-refractivity contribution in [2.45, 2.75) is 71.4 Å². The molecule has 1 aliphatic heterocycles. The molecule has 0 amide bonds. The molecule has 0 radical (unpaired) electrons. The molecule has 2 aliphatic rings. The highest BCUT2D eigenvalue weighted by Gasteiger charge is 2.38. The summed E-state index contributed by atoms with van der Waals surface area (Å²) in [6, 6.07) is 0.330. The van der Waals surface area contributed by atoms with Gasteiger partial charge in [-0.1, -0.05) is 27.2 Å². The van der Waals surface area contributed by atoms with E-state index < -0.39 is 0 Å². The molecule has 3 nitrogen and oxygen atoms in total. The van der Waals surface area contributed by atoms with Crippen LogP contribution in [0.15, 0.2) is 0 Å². The van der Waals surface area contributed by atoms with Gasteiger partial charge in [0.2, 0.25) is 0 Å². The van der Waals surface area contributed by atoms with Gasteiger partial charge in [0.25, 0.3) is 0 Å². The van der Waals surface area contributed by atoms with Gasteiger partial charge in [-0.05, 0) is 56.4 Å². The van der Waals surface area contributed by atoms with Crippen molar-refractivity contribution < 1.29 is 9.84 Å². The molecule has 1 saturated heterocycles. The summed E-state index contributed by atoms with van der Waals surface area (Å²) in [5, 5.41) is 10.5. The molecule has 4 atom stereocenters. The highest BCUT2D eigenvalue weighted by molar-refractivity contribution is 4.91. The lowest BCUT2D eigenvalue weighted by Gasteiger charge is -2.45. The van der Waals surface area contributed by atoms with E-state index in [0.29, 0.717) is 17.4 Å². The van der Waals surface area contributed by atoms with Gasteiger partial charge in [-0.25, -0.2) is 0 Å². The maximum Gasteiger partial charge on any atom is 0.0695 e. The van der Waals surface area contributed by atoms with Crippen LogP contribution in [0.25, 0.3) is 0 Å². The molecule has 0 spiro atoms. The Hall–Kier alpha value is -0.120. The van der Waals surface area contributed by atoms with Crippen molar-refractivity contribution >= 4 is 0 Å². The zero-order valence-corrected chi connectivity index (χ0v) is 14.5. The number of hydrogen-bond donors (Lipinski definition) is 1. The Bertz CT molecular complexity index is 312. The molecule has 1 saturated carbocycles. The Morgan fingerprint density at radius 3 is 2.62 bits per heavy atom. The molecular formula is C18H35NO2. The molecule has 0 aromatic carbocycles. The number of rotatable bonds is 5. The lowest BCUT2D eigenvalue weighted by molar-refractivity contribution is -0.0279. The van der Waals surface area contributed by atoms with E-state index in [1.165, 1.54) is 25.7 Å². The Labute approximate surface area is 131 Å². The van der Waals surface area contributed by atoms with Gasteiger partial charge in [-0.2, -0.15) is 0 Å². The Kier molecular flexibility index (Phi) is 6.10. The Balaban J connectivity index is 1.92. The van der Waals surface area contributed by atoms with Crippen LogP contribution in [0.2, 0.25) is 0 Å². The maximum absolute atomic E-state index is 10.5. The number of aliphatic hydroxyl groups is 1. The molecule has 0 aromatic rings. The Morgan fingerprint density at radius 1 is 1.24 bits per heavy atom. The smallest absolute Gasteiger partial charge is 0.0695 e. The third-order valence-electron chi connectivity index (χ3n) is 6.16. The highest BCUT2D eigenvalue weighted by atomic mass is 16.5. The molecule has 1 N–H and O–H groups in total. The predicted octanol–water partition coefficient (Wildman–Crippen LogP) is 3.31. The van der Waals surface area contributed by atoms with Crippen molar-refractivity contribution in [1.82, 2.24) is 4.90 Å². The molecule has 1 aliphatic carbocycles. The standard InChI is InChI=1S/C18H35NO2/c1-5-18(2,3)15-8-9-17(20)16(11-15)19(4)12-14-7-6-10-21-13-14/h14-17,20H,5-13H2,1-4H3. The Morgan fingerprint density at radius 2 is 2.00 bits per heavy atom. The van der Waals surface area contributed by atoms with E-state index in [0.717, 1.165) is 38.5 Å². The minimum Gasteiger partial charge on any atom is -0.391 e. The van der Waals surface area contributed by atoms with Gasteiger partial charge < -0.3 is 14.7 Å². The molecule has 21 heavy (non-hydrogen) atoms. The van der Waals surface area contributed by atoms with Crippen LogP contribution in [0.1, 0.15) is 59.3 Å². The second-order valence-corrected chi connectivity index (χ2v) is 8.01. The van der Waals surface area contributed by atoms with Gasteiger partial charge in [0.05, 0.1) is 12.7 Å². The van der Waals surface area contributed by atoms with Gasteiger partial charge in [0.1, 0.15) is 0 Å². The molecule has 2 rings (SSSR count). The molecule has 124 valence electrons. The van der Waals surface area contributed by atoms with Crippen LogP contribution in [-0.2, 0) is 4.74 Å². The van der Waals surface area contributed by atoms with E-state index in [2.05, 4.69) is 32.7 Å². The molecule has 1 heterocycles. The number of nitrogens with zero attached hydrogens (tertiary/aromatic N) is 1. The van der Waals surface area contributed by atoms with Crippen molar-refractivity contribution in [3.63, 3.8) is 0 Å². The third-order valence-corrected chi connectivity index (χ3v) is 6.16. The molecule has 3 heteroatoms. The first kappa shape index (κ1) is 17.2. The predicted molar refractivity (Wildman–Crippen MR) is 87.4 cm³/mol. The van der Waals surface area contributed by atoms with Crippen LogP contribution in [0, 0.1) is 17.3 Å². The number of likely N-dealkylation sites (N-methyl/N-ethyl adjacent to an activating group) is 1. The van der Waals surface area contributed by atoms with Crippen molar-refractivity contribution in [2.24, 2.45) is 17.3 Å². The summed E-state index contributed by atoms with van der Waals surface area (Å²) >= 11 is 0. The topological polar surface area (TPSA) is 32.7 Å². The average molecular weight is 297 g/mol. The third kappa shape index (κ3) is 4.43. The van der Waals surface area contributed by atoms with Crippen molar-refractivity contribution in [3.05, 3.63) is 0 Å². The van der Waals surface area contributed by atoms with Gasteiger partial charge >= 0.3 is 0 Å². The second-order valence-electron chi connectivity index (χ2n) is 8.01. The SMILES string of the molecule is CCC(C)(C)C1CCC(O)C(N(C)CC2CCCOC2)C1. The molecule has 2 fully saturated rings. The molecular weight excluding hydrogens is 262 g/mol. The summed E-state index contributed by atoms with van der Waals surface area (Å²) < 4.78 is 5.60. The van der Waals surface area contributed by atoms with Gasteiger partial charge in [-0.15, -0.1) is 0 Å². The van der Waals surface area contributed by atoms with E-state index in [1.807, 2.05) is 0 Å². The van der Waals surface area contributed by atoms with Crippen molar-refractivity contribution in [1.29, 1.82) is 0 Å². The minimum absolute atomic E-state index is 0.150. The van der Waals surface area contributed by atoms with Crippen LogP contribution in [0.5, 0.6) is 0 Å². The minimum atomic E-state index is -0.150.